The number of nitrogens with zero attached hydrogens (tertiary/aromatic N) is 3. The average molecular weight is 222 g/mol. The van der Waals surface area contributed by atoms with Crippen LogP contribution in [0.2, 0.25) is 0 Å². The molecule has 0 saturated heterocycles. The first kappa shape index (κ1) is 12.7. The Labute approximate surface area is 98.1 Å². The van der Waals surface area contributed by atoms with Crippen LogP contribution < -0.4 is 10.2 Å². The maximum absolute atomic E-state index is 4.44. The summed E-state index contributed by atoms with van der Waals surface area (Å²) in [6, 6.07) is 1.95. The predicted molar refractivity (Wildman–Crippen MR) is 68.9 cm³/mol. The summed E-state index contributed by atoms with van der Waals surface area (Å²) in [4.78, 5) is 10.8. The van der Waals surface area contributed by atoms with E-state index in [-0.39, 0.29) is 0 Å². The Balaban J connectivity index is 2.60. The van der Waals surface area contributed by atoms with E-state index in [0.717, 1.165) is 24.8 Å². The van der Waals surface area contributed by atoms with E-state index < -0.39 is 0 Å². The Morgan fingerprint density at radius 1 is 1.44 bits per heavy atom. The summed E-state index contributed by atoms with van der Waals surface area (Å²) in [6.45, 7) is 8.38. The monoisotopic (exact) mass is 222 g/mol. The summed E-state index contributed by atoms with van der Waals surface area (Å²) in [5, 5.41) is 3.12. The van der Waals surface area contributed by atoms with E-state index in [2.05, 4.69) is 41.1 Å². The fourth-order valence-corrected chi connectivity index (χ4v) is 1.37. The van der Waals surface area contributed by atoms with Crippen LogP contribution in [0, 0.1) is 5.92 Å². The Morgan fingerprint density at radius 2 is 2.19 bits per heavy atom. The second-order valence-corrected chi connectivity index (χ2v) is 4.37. The zero-order valence-electron chi connectivity index (χ0n) is 10.7. The average Bonchev–Trinajstić information content (AvgIpc) is 2.26. The lowest BCUT2D eigenvalue weighted by Crippen LogP contribution is -2.21. The molecule has 0 unspecified atom stereocenters. The van der Waals surface area contributed by atoms with Crippen LogP contribution in [0.15, 0.2) is 12.3 Å². The minimum absolute atomic E-state index is 0.705. The van der Waals surface area contributed by atoms with Gasteiger partial charge in [-0.25, -0.2) is 4.98 Å². The molecule has 1 N–H and O–H groups in total. The molecule has 0 radical (unpaired) electrons. The standard InChI is InChI=1S/C12H22N4/c1-5-13-12-14-8-6-11(15-12)16(4)9-7-10(2)3/h6,8,10H,5,7,9H2,1-4H3,(H,13,14,15). The minimum atomic E-state index is 0.705. The molecule has 0 amide bonds. The Morgan fingerprint density at radius 3 is 2.81 bits per heavy atom. The molecule has 0 aliphatic heterocycles. The molecule has 1 heterocycles. The van der Waals surface area contributed by atoms with Crippen LogP contribution >= 0.6 is 0 Å². The van der Waals surface area contributed by atoms with Crippen molar-refractivity contribution in [2.75, 3.05) is 30.4 Å². The van der Waals surface area contributed by atoms with Gasteiger partial charge in [-0.15, -0.1) is 0 Å². The molecular weight excluding hydrogens is 200 g/mol. The van der Waals surface area contributed by atoms with Crippen LogP contribution in [0.5, 0.6) is 0 Å². The van der Waals surface area contributed by atoms with Gasteiger partial charge in [0.1, 0.15) is 5.82 Å². The highest BCUT2D eigenvalue weighted by Crippen LogP contribution is 2.12. The summed E-state index contributed by atoms with van der Waals surface area (Å²) >= 11 is 0. The van der Waals surface area contributed by atoms with Gasteiger partial charge in [0.25, 0.3) is 0 Å². The zero-order valence-corrected chi connectivity index (χ0v) is 10.7. The molecular formula is C12H22N4. The molecule has 0 aliphatic rings. The van der Waals surface area contributed by atoms with E-state index in [0.29, 0.717) is 5.95 Å². The quantitative estimate of drug-likeness (QED) is 0.802. The summed E-state index contributed by atoms with van der Waals surface area (Å²) in [7, 11) is 2.07. The van der Waals surface area contributed by atoms with Gasteiger partial charge in [-0.3, -0.25) is 0 Å². The summed E-state index contributed by atoms with van der Waals surface area (Å²) in [6.07, 6.45) is 2.98. The molecule has 4 nitrogen and oxygen atoms in total. The van der Waals surface area contributed by atoms with E-state index in [1.165, 1.54) is 6.42 Å². The van der Waals surface area contributed by atoms with Crippen LogP contribution in [0.25, 0.3) is 0 Å². The maximum Gasteiger partial charge on any atom is 0.224 e. The van der Waals surface area contributed by atoms with Crippen molar-refractivity contribution >= 4 is 11.8 Å². The van der Waals surface area contributed by atoms with Crippen molar-refractivity contribution in [1.82, 2.24) is 9.97 Å². The van der Waals surface area contributed by atoms with E-state index in [9.17, 15) is 0 Å². The number of hydrogen-bond acceptors (Lipinski definition) is 4. The molecule has 0 bridgehead atoms. The topological polar surface area (TPSA) is 41.1 Å². The molecule has 0 aromatic carbocycles. The molecule has 16 heavy (non-hydrogen) atoms. The van der Waals surface area contributed by atoms with Crippen LogP contribution in [-0.2, 0) is 0 Å². The van der Waals surface area contributed by atoms with Crippen molar-refractivity contribution in [3.8, 4) is 0 Å². The fraction of sp³-hybridized carbons (Fsp3) is 0.667. The number of hydrogen-bond donors (Lipinski definition) is 1. The van der Waals surface area contributed by atoms with E-state index >= 15 is 0 Å². The second-order valence-electron chi connectivity index (χ2n) is 4.37. The van der Waals surface area contributed by atoms with Gasteiger partial charge in [0.05, 0.1) is 0 Å². The van der Waals surface area contributed by atoms with Crippen molar-refractivity contribution in [2.24, 2.45) is 5.92 Å². The van der Waals surface area contributed by atoms with Gasteiger partial charge in [-0.2, -0.15) is 4.98 Å². The van der Waals surface area contributed by atoms with Gasteiger partial charge in [0.2, 0.25) is 5.95 Å². The van der Waals surface area contributed by atoms with Gasteiger partial charge in [0, 0.05) is 26.3 Å². The number of aromatic nitrogens is 2. The highest BCUT2D eigenvalue weighted by Gasteiger charge is 2.04. The second kappa shape index (κ2) is 6.30. The molecule has 0 atom stereocenters. The molecule has 90 valence electrons. The Bertz CT molecular complexity index is 312. The Kier molecular flexibility index (Phi) is 5.02. The number of anilines is 2. The Hall–Kier alpha value is -1.32. The lowest BCUT2D eigenvalue weighted by molar-refractivity contribution is 0.583. The highest BCUT2D eigenvalue weighted by atomic mass is 15.2. The summed E-state index contributed by atoms with van der Waals surface area (Å²) < 4.78 is 0. The number of nitrogens with one attached hydrogen (secondary N) is 1. The molecule has 1 aromatic rings. The van der Waals surface area contributed by atoms with Crippen molar-refractivity contribution in [3.63, 3.8) is 0 Å². The molecule has 1 aromatic heterocycles. The van der Waals surface area contributed by atoms with Crippen LogP contribution in [0.1, 0.15) is 27.2 Å². The molecule has 0 aliphatic carbocycles. The van der Waals surface area contributed by atoms with Gasteiger partial charge < -0.3 is 10.2 Å². The van der Waals surface area contributed by atoms with Gasteiger partial charge in [-0.1, -0.05) is 13.8 Å². The van der Waals surface area contributed by atoms with Crippen molar-refractivity contribution in [1.29, 1.82) is 0 Å². The van der Waals surface area contributed by atoms with E-state index in [1.54, 1.807) is 6.20 Å². The van der Waals surface area contributed by atoms with Gasteiger partial charge in [-0.05, 0) is 25.3 Å². The van der Waals surface area contributed by atoms with Crippen molar-refractivity contribution in [2.45, 2.75) is 27.2 Å². The third-order valence-electron chi connectivity index (χ3n) is 2.41. The first-order valence-electron chi connectivity index (χ1n) is 5.91. The zero-order chi connectivity index (χ0) is 12.0. The first-order valence-corrected chi connectivity index (χ1v) is 5.91. The number of rotatable bonds is 6. The normalized spacial score (nSPS) is 10.6. The van der Waals surface area contributed by atoms with Crippen LogP contribution in [0.4, 0.5) is 11.8 Å². The third kappa shape index (κ3) is 4.04. The van der Waals surface area contributed by atoms with E-state index in [4.69, 9.17) is 0 Å². The lowest BCUT2D eigenvalue weighted by atomic mass is 10.1. The van der Waals surface area contributed by atoms with Crippen molar-refractivity contribution in [3.05, 3.63) is 12.3 Å². The van der Waals surface area contributed by atoms with Crippen LogP contribution in [0.3, 0.4) is 0 Å². The predicted octanol–water partition coefficient (Wildman–Crippen LogP) is 2.39. The lowest BCUT2D eigenvalue weighted by Gasteiger charge is -2.19. The fourth-order valence-electron chi connectivity index (χ4n) is 1.37. The van der Waals surface area contributed by atoms with E-state index in [1.807, 2.05) is 13.0 Å². The first-order chi connectivity index (χ1) is 7.63. The molecule has 0 saturated carbocycles. The minimum Gasteiger partial charge on any atom is -0.360 e. The summed E-state index contributed by atoms with van der Waals surface area (Å²) in [5.74, 6) is 2.40. The molecule has 0 spiro atoms. The van der Waals surface area contributed by atoms with Gasteiger partial charge in [0.15, 0.2) is 0 Å². The SMILES string of the molecule is CCNc1nccc(N(C)CCC(C)C)n1. The summed E-state index contributed by atoms with van der Waals surface area (Å²) in [5.41, 5.74) is 0. The van der Waals surface area contributed by atoms with Crippen molar-refractivity contribution < 1.29 is 0 Å². The molecule has 0 fully saturated rings. The van der Waals surface area contributed by atoms with Gasteiger partial charge >= 0.3 is 0 Å². The molecule has 1 rings (SSSR count). The van der Waals surface area contributed by atoms with Crippen LogP contribution in [-0.4, -0.2) is 30.1 Å². The third-order valence-corrected chi connectivity index (χ3v) is 2.41. The highest BCUT2D eigenvalue weighted by molar-refractivity contribution is 5.41. The maximum atomic E-state index is 4.44. The largest absolute Gasteiger partial charge is 0.360 e. The smallest absolute Gasteiger partial charge is 0.224 e. The molecule has 4 heteroatoms.